The van der Waals surface area contributed by atoms with Gasteiger partial charge in [-0.2, -0.15) is 0 Å². The highest BCUT2D eigenvalue weighted by Gasteiger charge is 2.42. The molecule has 0 aliphatic heterocycles. The fourth-order valence-corrected chi connectivity index (χ4v) is 4.56. The van der Waals surface area contributed by atoms with E-state index in [2.05, 4.69) is 19.2 Å². The second-order valence-electron chi connectivity index (χ2n) is 6.81. The average Bonchev–Trinajstić information content (AvgIpc) is 3.08. The molecule has 5 unspecified atom stereocenters. The Kier molecular flexibility index (Phi) is 4.02. The molecule has 1 aromatic rings. The van der Waals surface area contributed by atoms with Crippen molar-refractivity contribution in [3.05, 3.63) is 29.8 Å². The van der Waals surface area contributed by atoms with Crippen LogP contribution in [-0.2, 0) is 0 Å². The van der Waals surface area contributed by atoms with Gasteiger partial charge in [-0.05, 0) is 56.4 Å². The molecule has 0 heterocycles. The highest BCUT2D eigenvalue weighted by atomic mass is 16.3. The van der Waals surface area contributed by atoms with Gasteiger partial charge in [0.1, 0.15) is 5.75 Å². The minimum absolute atomic E-state index is 0.269. The van der Waals surface area contributed by atoms with Gasteiger partial charge in [-0.15, -0.1) is 0 Å². The van der Waals surface area contributed by atoms with Gasteiger partial charge >= 0.3 is 0 Å². The number of hydrogen-bond acceptors (Lipinski definition) is 2. The van der Waals surface area contributed by atoms with Crippen LogP contribution in [0.25, 0.3) is 0 Å². The summed E-state index contributed by atoms with van der Waals surface area (Å²) in [4.78, 5) is 0. The van der Waals surface area contributed by atoms with Gasteiger partial charge in [0.05, 0.1) is 0 Å². The molecule has 2 heteroatoms. The fraction of sp³-hybridized carbons (Fsp3) is 0.667. The van der Waals surface area contributed by atoms with E-state index in [9.17, 15) is 5.11 Å². The van der Waals surface area contributed by atoms with Crippen molar-refractivity contribution in [2.45, 2.75) is 58.0 Å². The number of rotatable bonds is 5. The molecule has 2 bridgehead atoms. The van der Waals surface area contributed by atoms with Crippen molar-refractivity contribution in [2.75, 3.05) is 0 Å². The van der Waals surface area contributed by atoms with Crippen molar-refractivity contribution in [2.24, 2.45) is 17.8 Å². The maximum Gasteiger partial charge on any atom is 0.120 e. The Morgan fingerprint density at radius 3 is 2.65 bits per heavy atom. The number of phenolic OH excluding ortho intramolecular Hbond substituents is 1. The third-order valence-corrected chi connectivity index (χ3v) is 5.62. The number of benzene rings is 1. The molecule has 0 radical (unpaired) electrons. The maximum absolute atomic E-state index is 10.1. The molecule has 0 saturated heterocycles. The zero-order valence-electron chi connectivity index (χ0n) is 12.7. The number of hydrogen-bond donors (Lipinski definition) is 2. The average molecular weight is 273 g/mol. The Balaban J connectivity index is 1.67. The third-order valence-electron chi connectivity index (χ3n) is 5.62. The van der Waals surface area contributed by atoms with E-state index in [1.165, 1.54) is 25.7 Å². The minimum atomic E-state index is 0.269. The molecule has 0 spiro atoms. The van der Waals surface area contributed by atoms with Crippen molar-refractivity contribution in [1.82, 2.24) is 5.32 Å². The van der Waals surface area contributed by atoms with E-state index in [1.807, 2.05) is 18.2 Å². The zero-order chi connectivity index (χ0) is 14.1. The lowest BCUT2D eigenvalue weighted by atomic mass is 9.83. The van der Waals surface area contributed by atoms with E-state index in [4.69, 9.17) is 0 Å². The van der Waals surface area contributed by atoms with Crippen molar-refractivity contribution in [3.8, 4) is 5.75 Å². The summed E-state index contributed by atoms with van der Waals surface area (Å²) in [7, 11) is 0. The Bertz CT molecular complexity index is 458. The first-order chi connectivity index (χ1) is 9.69. The summed E-state index contributed by atoms with van der Waals surface area (Å²) < 4.78 is 0. The topological polar surface area (TPSA) is 32.3 Å². The number of aromatic hydroxyl groups is 1. The summed E-state index contributed by atoms with van der Waals surface area (Å²) in [6.45, 7) is 4.53. The molecule has 2 saturated carbocycles. The zero-order valence-corrected chi connectivity index (χ0v) is 12.7. The second kappa shape index (κ2) is 5.77. The first-order valence-electron chi connectivity index (χ1n) is 8.23. The first-order valence-corrected chi connectivity index (χ1v) is 8.23. The molecule has 5 atom stereocenters. The molecule has 2 nitrogen and oxygen atoms in total. The van der Waals surface area contributed by atoms with Gasteiger partial charge < -0.3 is 10.4 Å². The third kappa shape index (κ3) is 2.58. The summed E-state index contributed by atoms with van der Waals surface area (Å²) in [5.74, 6) is 3.21. The van der Waals surface area contributed by atoms with E-state index in [1.54, 1.807) is 6.07 Å². The molecule has 1 aromatic carbocycles. The highest BCUT2D eigenvalue weighted by molar-refractivity contribution is 5.34. The van der Waals surface area contributed by atoms with Crippen LogP contribution in [0.5, 0.6) is 5.75 Å². The number of fused-ring (bicyclic) bond motifs is 2. The Hall–Kier alpha value is -1.02. The molecular formula is C18H27NO. The van der Waals surface area contributed by atoms with Crippen LogP contribution in [0.1, 0.15) is 57.6 Å². The second-order valence-corrected chi connectivity index (χ2v) is 6.81. The SMILES string of the molecule is CCC(NC(C)C1CC2CCC1C2)c1ccccc1O. The fourth-order valence-electron chi connectivity index (χ4n) is 4.56. The van der Waals surface area contributed by atoms with Crippen LogP contribution in [0.15, 0.2) is 24.3 Å². The quantitative estimate of drug-likeness (QED) is 0.840. The summed E-state index contributed by atoms with van der Waals surface area (Å²) in [5, 5.41) is 13.8. The number of para-hydroxylation sites is 1. The smallest absolute Gasteiger partial charge is 0.120 e. The maximum atomic E-state index is 10.1. The van der Waals surface area contributed by atoms with Crippen molar-refractivity contribution in [3.63, 3.8) is 0 Å². The molecule has 2 aliphatic carbocycles. The molecule has 0 amide bonds. The highest BCUT2D eigenvalue weighted by Crippen LogP contribution is 2.49. The predicted octanol–water partition coefficient (Wildman–Crippen LogP) is 4.26. The van der Waals surface area contributed by atoms with Crippen LogP contribution in [0.4, 0.5) is 0 Å². The van der Waals surface area contributed by atoms with Gasteiger partial charge in [0.2, 0.25) is 0 Å². The molecule has 2 fully saturated rings. The lowest BCUT2D eigenvalue weighted by Gasteiger charge is -2.32. The summed E-state index contributed by atoms with van der Waals surface area (Å²) in [6.07, 6.45) is 6.79. The first kappa shape index (κ1) is 13.9. The molecular weight excluding hydrogens is 246 g/mol. The van der Waals surface area contributed by atoms with Crippen LogP contribution in [0, 0.1) is 17.8 Å². The lowest BCUT2D eigenvalue weighted by Crippen LogP contribution is -2.38. The monoisotopic (exact) mass is 273 g/mol. The van der Waals surface area contributed by atoms with E-state index >= 15 is 0 Å². The van der Waals surface area contributed by atoms with Crippen LogP contribution in [-0.4, -0.2) is 11.1 Å². The minimum Gasteiger partial charge on any atom is -0.508 e. The van der Waals surface area contributed by atoms with Gasteiger partial charge in [-0.25, -0.2) is 0 Å². The standard InChI is InChI=1S/C18H27NO/c1-3-17(15-6-4-5-7-18(15)20)19-12(2)16-11-13-8-9-14(16)10-13/h4-7,12-14,16-17,19-20H,3,8-11H2,1-2H3. The van der Waals surface area contributed by atoms with Crippen molar-refractivity contribution < 1.29 is 5.11 Å². The summed E-state index contributed by atoms with van der Waals surface area (Å²) in [6, 6.07) is 8.57. The largest absolute Gasteiger partial charge is 0.508 e. The van der Waals surface area contributed by atoms with Gasteiger partial charge in [0.15, 0.2) is 0 Å². The van der Waals surface area contributed by atoms with Gasteiger partial charge in [-0.3, -0.25) is 0 Å². The Labute approximate surface area is 122 Å². The predicted molar refractivity (Wildman–Crippen MR) is 82.7 cm³/mol. The van der Waals surface area contributed by atoms with Gasteiger partial charge in [0.25, 0.3) is 0 Å². The summed E-state index contributed by atoms with van der Waals surface area (Å²) >= 11 is 0. The van der Waals surface area contributed by atoms with Crippen molar-refractivity contribution in [1.29, 1.82) is 0 Å². The molecule has 2 N–H and O–H groups in total. The lowest BCUT2D eigenvalue weighted by molar-refractivity contribution is 0.242. The van der Waals surface area contributed by atoms with E-state index in [-0.39, 0.29) is 6.04 Å². The molecule has 2 aliphatic rings. The summed E-state index contributed by atoms with van der Waals surface area (Å²) in [5.41, 5.74) is 1.05. The van der Waals surface area contributed by atoms with Crippen LogP contribution >= 0.6 is 0 Å². The molecule has 3 rings (SSSR count). The normalized spacial score (nSPS) is 31.4. The van der Waals surface area contributed by atoms with E-state index in [0.717, 1.165) is 29.7 Å². The van der Waals surface area contributed by atoms with Gasteiger partial charge in [0, 0.05) is 17.6 Å². The van der Waals surface area contributed by atoms with Crippen molar-refractivity contribution >= 4 is 0 Å². The molecule has 20 heavy (non-hydrogen) atoms. The van der Waals surface area contributed by atoms with Crippen LogP contribution in [0.3, 0.4) is 0 Å². The van der Waals surface area contributed by atoms with E-state index in [0.29, 0.717) is 11.8 Å². The Morgan fingerprint density at radius 1 is 1.25 bits per heavy atom. The van der Waals surface area contributed by atoms with Crippen LogP contribution < -0.4 is 5.32 Å². The van der Waals surface area contributed by atoms with Crippen LogP contribution in [0.2, 0.25) is 0 Å². The van der Waals surface area contributed by atoms with Gasteiger partial charge in [-0.1, -0.05) is 31.5 Å². The molecule has 110 valence electrons. The van der Waals surface area contributed by atoms with E-state index < -0.39 is 0 Å². The number of phenols is 1. The number of nitrogens with one attached hydrogen (secondary N) is 1. The Morgan fingerprint density at radius 2 is 2.05 bits per heavy atom. The molecule has 0 aromatic heterocycles.